The number of rotatable bonds is 6. The van der Waals surface area contributed by atoms with Crippen molar-refractivity contribution in [1.29, 1.82) is 0 Å². The van der Waals surface area contributed by atoms with Gasteiger partial charge in [0.05, 0.1) is 0 Å². The zero-order valence-corrected chi connectivity index (χ0v) is 9.59. The molecule has 0 aliphatic carbocycles. The molecule has 0 aromatic carbocycles. The quantitative estimate of drug-likeness (QED) is 0.656. The van der Waals surface area contributed by atoms with Gasteiger partial charge in [-0.2, -0.15) is 0 Å². The van der Waals surface area contributed by atoms with Crippen LogP contribution in [0.25, 0.3) is 0 Å². The Kier molecular flexibility index (Phi) is 4.71. The zero-order chi connectivity index (χ0) is 12.8. The largest absolute Gasteiger partial charge is 0.479 e. The van der Waals surface area contributed by atoms with E-state index >= 15 is 0 Å². The second-order valence-corrected chi connectivity index (χ2v) is 3.58. The number of nitrogens with one attached hydrogen (secondary N) is 1. The number of hydrogen-bond acceptors (Lipinski definition) is 3. The SMILES string of the molecule is CCn1cccc1C(=O)NCCC(O)C(=O)O. The van der Waals surface area contributed by atoms with E-state index in [2.05, 4.69) is 5.32 Å². The maximum atomic E-state index is 11.7. The molecule has 17 heavy (non-hydrogen) atoms. The van der Waals surface area contributed by atoms with Gasteiger partial charge in [-0.1, -0.05) is 0 Å². The molecular formula is C11H16N2O4. The fourth-order valence-corrected chi connectivity index (χ4v) is 1.43. The first-order valence-electron chi connectivity index (χ1n) is 5.40. The minimum Gasteiger partial charge on any atom is -0.479 e. The molecule has 1 aromatic rings. The molecule has 94 valence electrons. The van der Waals surface area contributed by atoms with Gasteiger partial charge in [-0.05, 0) is 19.1 Å². The average molecular weight is 240 g/mol. The Hall–Kier alpha value is -1.82. The van der Waals surface area contributed by atoms with Crippen molar-refractivity contribution in [2.75, 3.05) is 6.54 Å². The summed E-state index contributed by atoms with van der Waals surface area (Å²) < 4.78 is 1.78. The third-order valence-electron chi connectivity index (χ3n) is 2.39. The number of carboxylic acid groups (broad SMARTS) is 1. The molecule has 1 unspecified atom stereocenters. The number of carboxylic acids is 1. The summed E-state index contributed by atoms with van der Waals surface area (Å²) in [5.74, 6) is -1.55. The van der Waals surface area contributed by atoms with Gasteiger partial charge in [0.25, 0.3) is 5.91 Å². The Morgan fingerprint density at radius 1 is 1.53 bits per heavy atom. The molecule has 1 heterocycles. The van der Waals surface area contributed by atoms with Crippen molar-refractivity contribution in [2.45, 2.75) is 26.0 Å². The number of aliphatic hydroxyl groups excluding tert-OH is 1. The van der Waals surface area contributed by atoms with Gasteiger partial charge < -0.3 is 20.1 Å². The number of aromatic nitrogens is 1. The van der Waals surface area contributed by atoms with Gasteiger partial charge in [0.15, 0.2) is 6.10 Å². The number of aryl methyl sites for hydroxylation is 1. The van der Waals surface area contributed by atoms with Crippen molar-refractivity contribution in [3.8, 4) is 0 Å². The van der Waals surface area contributed by atoms with Crippen molar-refractivity contribution in [2.24, 2.45) is 0 Å². The highest BCUT2D eigenvalue weighted by molar-refractivity contribution is 5.92. The highest BCUT2D eigenvalue weighted by Gasteiger charge is 2.14. The molecule has 0 saturated heterocycles. The van der Waals surface area contributed by atoms with Crippen LogP contribution in [-0.4, -0.2) is 39.3 Å². The number of carbonyl (C=O) groups is 2. The predicted octanol–water partition coefficient (Wildman–Crippen LogP) is 0.0734. The van der Waals surface area contributed by atoms with Crippen molar-refractivity contribution in [1.82, 2.24) is 9.88 Å². The molecule has 0 radical (unpaired) electrons. The Labute approximate surface area is 98.9 Å². The molecule has 1 atom stereocenters. The van der Waals surface area contributed by atoms with E-state index in [9.17, 15) is 9.59 Å². The second-order valence-electron chi connectivity index (χ2n) is 3.58. The first-order valence-corrected chi connectivity index (χ1v) is 5.40. The maximum absolute atomic E-state index is 11.7. The average Bonchev–Trinajstić information content (AvgIpc) is 2.76. The zero-order valence-electron chi connectivity index (χ0n) is 9.59. The topological polar surface area (TPSA) is 91.6 Å². The van der Waals surface area contributed by atoms with Crippen LogP contribution in [0.2, 0.25) is 0 Å². The Bertz CT molecular complexity index is 400. The lowest BCUT2D eigenvalue weighted by Gasteiger charge is -2.09. The van der Waals surface area contributed by atoms with Gasteiger partial charge in [0, 0.05) is 25.7 Å². The van der Waals surface area contributed by atoms with E-state index in [-0.39, 0.29) is 18.9 Å². The molecule has 0 aliphatic heterocycles. The summed E-state index contributed by atoms with van der Waals surface area (Å²) in [6, 6.07) is 3.46. The third-order valence-corrected chi connectivity index (χ3v) is 2.39. The van der Waals surface area contributed by atoms with Crippen molar-refractivity contribution in [3.05, 3.63) is 24.0 Å². The minimum atomic E-state index is -1.44. The summed E-state index contributed by atoms with van der Waals surface area (Å²) in [6.07, 6.45) is 0.350. The highest BCUT2D eigenvalue weighted by atomic mass is 16.4. The van der Waals surface area contributed by atoms with Crippen LogP contribution in [-0.2, 0) is 11.3 Å². The standard InChI is InChI=1S/C11H16N2O4/c1-2-13-7-3-4-8(13)10(15)12-6-5-9(14)11(16)17/h3-4,7,9,14H,2,5-6H2,1H3,(H,12,15)(H,16,17). The van der Waals surface area contributed by atoms with Crippen LogP contribution in [0, 0.1) is 0 Å². The number of amides is 1. The molecule has 0 bridgehead atoms. The molecule has 0 fully saturated rings. The number of aliphatic hydroxyl groups is 1. The summed E-state index contributed by atoms with van der Waals surface area (Å²) >= 11 is 0. The molecule has 1 amide bonds. The Balaban J connectivity index is 2.43. The minimum absolute atomic E-state index is 0.00604. The maximum Gasteiger partial charge on any atom is 0.332 e. The summed E-state index contributed by atoms with van der Waals surface area (Å²) in [5, 5.41) is 20.0. The summed E-state index contributed by atoms with van der Waals surface area (Å²) in [5.41, 5.74) is 0.525. The molecule has 3 N–H and O–H groups in total. The highest BCUT2D eigenvalue weighted by Crippen LogP contribution is 2.02. The lowest BCUT2D eigenvalue weighted by Crippen LogP contribution is -2.31. The number of hydrogen-bond donors (Lipinski definition) is 3. The van der Waals surface area contributed by atoms with Gasteiger partial charge in [0.2, 0.25) is 0 Å². The molecule has 1 rings (SSSR count). The van der Waals surface area contributed by atoms with Crippen molar-refractivity contribution < 1.29 is 19.8 Å². The lowest BCUT2D eigenvalue weighted by atomic mass is 10.2. The van der Waals surface area contributed by atoms with Crippen LogP contribution in [0.5, 0.6) is 0 Å². The first-order chi connectivity index (χ1) is 8.06. The molecule has 6 heteroatoms. The van der Waals surface area contributed by atoms with E-state index in [1.54, 1.807) is 22.9 Å². The smallest absolute Gasteiger partial charge is 0.332 e. The fourth-order valence-electron chi connectivity index (χ4n) is 1.43. The van der Waals surface area contributed by atoms with Crippen molar-refractivity contribution in [3.63, 3.8) is 0 Å². The van der Waals surface area contributed by atoms with Crippen LogP contribution in [0.15, 0.2) is 18.3 Å². The van der Waals surface area contributed by atoms with Crippen molar-refractivity contribution >= 4 is 11.9 Å². The second kappa shape index (κ2) is 6.05. The van der Waals surface area contributed by atoms with Crippen LogP contribution < -0.4 is 5.32 Å². The third kappa shape index (κ3) is 3.60. The molecule has 1 aromatic heterocycles. The molecule has 0 saturated carbocycles. The van der Waals surface area contributed by atoms with Crippen LogP contribution >= 0.6 is 0 Å². The first kappa shape index (κ1) is 13.2. The normalized spacial score (nSPS) is 12.1. The molecular weight excluding hydrogens is 224 g/mol. The Morgan fingerprint density at radius 2 is 2.24 bits per heavy atom. The van der Waals surface area contributed by atoms with E-state index in [1.165, 1.54) is 0 Å². The van der Waals surface area contributed by atoms with E-state index in [4.69, 9.17) is 10.2 Å². The van der Waals surface area contributed by atoms with Crippen LogP contribution in [0.3, 0.4) is 0 Å². The van der Waals surface area contributed by atoms with Crippen LogP contribution in [0.4, 0.5) is 0 Å². The van der Waals surface area contributed by atoms with Gasteiger partial charge in [0.1, 0.15) is 5.69 Å². The summed E-state index contributed by atoms with van der Waals surface area (Å²) in [4.78, 5) is 22.0. The van der Waals surface area contributed by atoms with E-state index in [0.717, 1.165) is 0 Å². The number of carbonyl (C=O) groups excluding carboxylic acids is 1. The van der Waals surface area contributed by atoms with Crippen LogP contribution in [0.1, 0.15) is 23.8 Å². The molecule has 0 spiro atoms. The lowest BCUT2D eigenvalue weighted by molar-refractivity contribution is -0.146. The molecule has 0 aliphatic rings. The van der Waals surface area contributed by atoms with E-state index in [0.29, 0.717) is 12.2 Å². The Morgan fingerprint density at radius 3 is 2.82 bits per heavy atom. The predicted molar refractivity (Wildman–Crippen MR) is 60.7 cm³/mol. The summed E-state index contributed by atoms with van der Waals surface area (Å²) in [7, 11) is 0. The van der Waals surface area contributed by atoms with Gasteiger partial charge in [-0.3, -0.25) is 4.79 Å². The van der Waals surface area contributed by atoms with Gasteiger partial charge >= 0.3 is 5.97 Å². The van der Waals surface area contributed by atoms with Gasteiger partial charge in [-0.15, -0.1) is 0 Å². The summed E-state index contributed by atoms with van der Waals surface area (Å²) in [6.45, 7) is 2.74. The number of aliphatic carboxylic acids is 1. The molecule has 6 nitrogen and oxygen atoms in total. The van der Waals surface area contributed by atoms with E-state index < -0.39 is 12.1 Å². The van der Waals surface area contributed by atoms with E-state index in [1.807, 2.05) is 6.92 Å². The monoisotopic (exact) mass is 240 g/mol. The fraction of sp³-hybridized carbons (Fsp3) is 0.455. The number of nitrogens with zero attached hydrogens (tertiary/aromatic N) is 1. The van der Waals surface area contributed by atoms with Gasteiger partial charge in [-0.25, -0.2) is 4.79 Å².